The van der Waals surface area contributed by atoms with Crippen LogP contribution in [0.25, 0.3) is 10.9 Å². The lowest BCUT2D eigenvalue weighted by molar-refractivity contribution is 0.0766. The summed E-state index contributed by atoms with van der Waals surface area (Å²) in [5.41, 5.74) is 1.79. The van der Waals surface area contributed by atoms with Gasteiger partial charge in [0.05, 0.1) is 0 Å². The van der Waals surface area contributed by atoms with Crippen LogP contribution < -0.4 is 5.32 Å². The Labute approximate surface area is 106 Å². The van der Waals surface area contributed by atoms with Crippen molar-refractivity contribution < 1.29 is 4.79 Å². The van der Waals surface area contributed by atoms with Crippen molar-refractivity contribution in [1.82, 2.24) is 15.2 Å². The Morgan fingerprint density at radius 2 is 2.11 bits per heavy atom. The van der Waals surface area contributed by atoms with Crippen molar-refractivity contribution in [2.45, 2.75) is 6.42 Å². The Balaban J connectivity index is 1.85. The summed E-state index contributed by atoms with van der Waals surface area (Å²) in [5, 5.41) is 4.45. The van der Waals surface area contributed by atoms with Crippen LogP contribution >= 0.6 is 0 Å². The van der Waals surface area contributed by atoms with Crippen LogP contribution in [0.15, 0.2) is 30.5 Å². The topological polar surface area (TPSA) is 48.1 Å². The highest BCUT2D eigenvalue weighted by Crippen LogP contribution is 2.16. The highest BCUT2D eigenvalue weighted by Gasteiger charge is 2.17. The molecule has 1 amide bonds. The Hall–Kier alpha value is -1.81. The zero-order chi connectivity index (χ0) is 12.4. The van der Waals surface area contributed by atoms with E-state index in [9.17, 15) is 4.79 Å². The number of hydrogen-bond acceptors (Lipinski definition) is 2. The number of H-pyrrole nitrogens is 1. The molecule has 0 spiro atoms. The summed E-state index contributed by atoms with van der Waals surface area (Å²) in [7, 11) is 0. The summed E-state index contributed by atoms with van der Waals surface area (Å²) in [6.07, 6.45) is 2.92. The van der Waals surface area contributed by atoms with Gasteiger partial charge in [0.15, 0.2) is 0 Å². The van der Waals surface area contributed by atoms with Crippen LogP contribution in [-0.4, -0.2) is 42.0 Å². The lowest BCUT2D eigenvalue weighted by Gasteiger charge is -2.19. The lowest BCUT2D eigenvalue weighted by atomic mass is 10.1. The third-order valence-corrected chi connectivity index (χ3v) is 3.43. The van der Waals surface area contributed by atoms with Crippen LogP contribution in [-0.2, 0) is 0 Å². The maximum atomic E-state index is 12.4. The zero-order valence-corrected chi connectivity index (χ0v) is 10.3. The van der Waals surface area contributed by atoms with Crippen LogP contribution in [0.4, 0.5) is 0 Å². The van der Waals surface area contributed by atoms with E-state index in [0.717, 1.165) is 49.1 Å². The SMILES string of the molecule is O=C(c1ccc2cc[nH]c2c1)N1CCCNCC1. The molecule has 2 N–H and O–H groups in total. The summed E-state index contributed by atoms with van der Waals surface area (Å²) in [5.74, 6) is 0.134. The van der Waals surface area contributed by atoms with Crippen molar-refractivity contribution in [1.29, 1.82) is 0 Å². The van der Waals surface area contributed by atoms with E-state index in [1.807, 2.05) is 35.4 Å². The van der Waals surface area contributed by atoms with E-state index in [1.54, 1.807) is 0 Å². The number of carbonyl (C=O) groups is 1. The van der Waals surface area contributed by atoms with Gasteiger partial charge in [0.2, 0.25) is 0 Å². The normalized spacial score (nSPS) is 16.8. The molecule has 1 fully saturated rings. The standard InChI is InChI=1S/C14H17N3O/c18-14(17-8-1-5-15-7-9-17)12-3-2-11-4-6-16-13(11)10-12/h2-4,6,10,15-16H,1,5,7-9H2. The minimum Gasteiger partial charge on any atom is -0.361 e. The van der Waals surface area contributed by atoms with E-state index in [-0.39, 0.29) is 5.91 Å². The fourth-order valence-corrected chi connectivity index (χ4v) is 2.41. The smallest absolute Gasteiger partial charge is 0.253 e. The summed E-state index contributed by atoms with van der Waals surface area (Å²) >= 11 is 0. The van der Waals surface area contributed by atoms with E-state index >= 15 is 0 Å². The third-order valence-electron chi connectivity index (χ3n) is 3.43. The van der Waals surface area contributed by atoms with Crippen LogP contribution in [0.3, 0.4) is 0 Å². The summed E-state index contributed by atoms with van der Waals surface area (Å²) in [6.45, 7) is 3.52. The molecule has 0 radical (unpaired) electrons. The molecular formula is C14H17N3O. The molecule has 1 saturated heterocycles. The van der Waals surface area contributed by atoms with Crippen molar-refractivity contribution >= 4 is 16.8 Å². The predicted octanol–water partition coefficient (Wildman–Crippen LogP) is 1.60. The molecule has 1 aromatic heterocycles. The number of fused-ring (bicyclic) bond motifs is 1. The van der Waals surface area contributed by atoms with Gasteiger partial charge in [-0.1, -0.05) is 6.07 Å². The summed E-state index contributed by atoms with van der Waals surface area (Å²) in [6, 6.07) is 7.86. The van der Waals surface area contributed by atoms with Gasteiger partial charge in [0.25, 0.3) is 5.91 Å². The molecule has 0 bridgehead atoms. The Morgan fingerprint density at radius 3 is 3.06 bits per heavy atom. The van der Waals surface area contributed by atoms with Gasteiger partial charge in [-0.05, 0) is 36.6 Å². The Bertz CT molecular complexity index is 553. The molecule has 4 nitrogen and oxygen atoms in total. The van der Waals surface area contributed by atoms with Gasteiger partial charge in [-0.3, -0.25) is 4.79 Å². The van der Waals surface area contributed by atoms with Crippen LogP contribution in [0, 0.1) is 0 Å². The minimum absolute atomic E-state index is 0.134. The first-order chi connectivity index (χ1) is 8.84. The molecular weight excluding hydrogens is 226 g/mol. The van der Waals surface area contributed by atoms with Gasteiger partial charge >= 0.3 is 0 Å². The van der Waals surface area contributed by atoms with Crippen molar-refractivity contribution in [3.05, 3.63) is 36.0 Å². The molecule has 0 aliphatic carbocycles. The molecule has 3 rings (SSSR count). The molecule has 0 saturated carbocycles. The number of benzene rings is 1. The maximum Gasteiger partial charge on any atom is 0.253 e. The zero-order valence-electron chi connectivity index (χ0n) is 10.3. The number of aromatic amines is 1. The Kier molecular flexibility index (Phi) is 3.02. The molecule has 1 aliphatic heterocycles. The number of carbonyl (C=O) groups excluding carboxylic acids is 1. The largest absolute Gasteiger partial charge is 0.361 e. The lowest BCUT2D eigenvalue weighted by Crippen LogP contribution is -2.34. The van der Waals surface area contributed by atoms with Gasteiger partial charge < -0.3 is 15.2 Å². The number of nitrogens with zero attached hydrogens (tertiary/aromatic N) is 1. The second-order valence-electron chi connectivity index (χ2n) is 4.68. The van der Waals surface area contributed by atoms with Crippen LogP contribution in [0.2, 0.25) is 0 Å². The van der Waals surface area contributed by atoms with E-state index < -0.39 is 0 Å². The van der Waals surface area contributed by atoms with Crippen LogP contribution in [0.5, 0.6) is 0 Å². The highest BCUT2D eigenvalue weighted by molar-refractivity contribution is 5.97. The predicted molar refractivity (Wildman–Crippen MR) is 71.7 cm³/mol. The fraction of sp³-hybridized carbons (Fsp3) is 0.357. The number of nitrogens with one attached hydrogen (secondary N) is 2. The highest BCUT2D eigenvalue weighted by atomic mass is 16.2. The third kappa shape index (κ3) is 2.11. The van der Waals surface area contributed by atoms with E-state index in [4.69, 9.17) is 0 Å². The molecule has 2 heterocycles. The molecule has 1 aromatic carbocycles. The number of amides is 1. The second-order valence-corrected chi connectivity index (χ2v) is 4.68. The van der Waals surface area contributed by atoms with E-state index in [2.05, 4.69) is 10.3 Å². The van der Waals surface area contributed by atoms with Gasteiger partial charge in [-0.2, -0.15) is 0 Å². The number of rotatable bonds is 1. The fourth-order valence-electron chi connectivity index (χ4n) is 2.41. The van der Waals surface area contributed by atoms with Crippen molar-refractivity contribution in [3.8, 4) is 0 Å². The first kappa shape index (κ1) is 11.3. The van der Waals surface area contributed by atoms with E-state index in [0.29, 0.717) is 0 Å². The molecule has 0 atom stereocenters. The quantitative estimate of drug-likeness (QED) is 0.799. The molecule has 2 aromatic rings. The minimum atomic E-state index is 0.134. The van der Waals surface area contributed by atoms with Crippen LogP contribution in [0.1, 0.15) is 16.8 Å². The average Bonchev–Trinajstić information content (AvgIpc) is 2.69. The molecule has 4 heteroatoms. The number of aromatic nitrogens is 1. The van der Waals surface area contributed by atoms with Gasteiger partial charge in [-0.15, -0.1) is 0 Å². The molecule has 18 heavy (non-hydrogen) atoms. The van der Waals surface area contributed by atoms with Gasteiger partial charge in [0.1, 0.15) is 0 Å². The summed E-state index contributed by atoms with van der Waals surface area (Å²) < 4.78 is 0. The first-order valence-electron chi connectivity index (χ1n) is 6.42. The molecule has 94 valence electrons. The van der Waals surface area contributed by atoms with Crippen molar-refractivity contribution in [2.75, 3.05) is 26.2 Å². The van der Waals surface area contributed by atoms with Gasteiger partial charge in [-0.25, -0.2) is 0 Å². The van der Waals surface area contributed by atoms with E-state index in [1.165, 1.54) is 0 Å². The molecule has 1 aliphatic rings. The van der Waals surface area contributed by atoms with Gasteiger partial charge in [0, 0.05) is 36.9 Å². The first-order valence-corrected chi connectivity index (χ1v) is 6.42. The molecule has 0 unspecified atom stereocenters. The number of hydrogen-bond donors (Lipinski definition) is 2. The second kappa shape index (κ2) is 4.82. The summed E-state index contributed by atoms with van der Waals surface area (Å²) in [4.78, 5) is 17.5. The monoisotopic (exact) mass is 243 g/mol. The maximum absolute atomic E-state index is 12.4. The Morgan fingerprint density at radius 1 is 1.17 bits per heavy atom. The average molecular weight is 243 g/mol. The van der Waals surface area contributed by atoms with Crippen molar-refractivity contribution in [2.24, 2.45) is 0 Å². The van der Waals surface area contributed by atoms with Crippen molar-refractivity contribution in [3.63, 3.8) is 0 Å².